The largest absolute Gasteiger partial charge is 0.481 e. The summed E-state index contributed by atoms with van der Waals surface area (Å²) >= 11 is 0. The number of hydrogen-bond donors (Lipinski definition) is 13. The molecular weight excluding hydrogens is 931 g/mol. The lowest BCUT2D eigenvalue weighted by atomic mass is 9.95. The number of likely N-dealkylation sites (tertiary alicyclic amines) is 1. The van der Waals surface area contributed by atoms with Gasteiger partial charge in [0.1, 0.15) is 42.3 Å². The number of nitrogens with one attached hydrogen (secondary N) is 7. The number of carbonyl (C=O) groups is 11. The van der Waals surface area contributed by atoms with Crippen molar-refractivity contribution in [3.63, 3.8) is 0 Å². The average Bonchev–Trinajstić information content (AvgIpc) is 3.28. The molecule has 0 aliphatic carbocycles. The monoisotopic (exact) mass is 1010 g/mol. The number of nitrogens with zero attached hydrogens (tertiary/aromatic N) is 2. The van der Waals surface area contributed by atoms with E-state index in [4.69, 9.17) is 28.0 Å². The highest BCUT2D eigenvalue weighted by molar-refractivity contribution is 5.98. The van der Waals surface area contributed by atoms with E-state index in [9.17, 15) is 57.8 Å². The van der Waals surface area contributed by atoms with Crippen molar-refractivity contribution in [1.82, 2.24) is 42.1 Å². The number of primary amides is 1. The molecule has 1 heterocycles. The lowest BCUT2D eigenvalue weighted by molar-refractivity contribution is -0.143. The second-order valence-electron chi connectivity index (χ2n) is 19.0. The van der Waals surface area contributed by atoms with Crippen LogP contribution in [0.5, 0.6) is 0 Å². The van der Waals surface area contributed by atoms with E-state index in [0.29, 0.717) is 19.3 Å². The van der Waals surface area contributed by atoms with Gasteiger partial charge in [0.15, 0.2) is 5.96 Å². The van der Waals surface area contributed by atoms with Crippen LogP contribution in [0.1, 0.15) is 120 Å². The summed E-state index contributed by atoms with van der Waals surface area (Å²) in [7, 11) is 0. The zero-order valence-electron chi connectivity index (χ0n) is 42.2. The number of aliphatic imine (C=N–C) groups is 1. The van der Waals surface area contributed by atoms with Crippen LogP contribution < -0.4 is 60.2 Å². The maximum absolute atomic E-state index is 13.9. The number of piperidine rings is 1. The fourth-order valence-corrected chi connectivity index (χ4v) is 7.49. The number of aliphatic carboxylic acids is 2. The number of guanidine groups is 1. The van der Waals surface area contributed by atoms with E-state index in [1.165, 1.54) is 18.7 Å². The van der Waals surface area contributed by atoms with Crippen molar-refractivity contribution < 1.29 is 63.0 Å². The smallest absolute Gasteiger partial charge is 0.326 e. The van der Waals surface area contributed by atoms with E-state index in [0.717, 1.165) is 0 Å². The summed E-state index contributed by atoms with van der Waals surface area (Å²) in [4.78, 5) is 148. The third kappa shape index (κ3) is 23.2. The minimum absolute atomic E-state index is 0.0484. The number of rotatable bonds is 31. The first kappa shape index (κ1) is 62.4. The van der Waals surface area contributed by atoms with Crippen molar-refractivity contribution in [2.45, 2.75) is 168 Å². The molecule has 0 bridgehead atoms. The summed E-state index contributed by atoms with van der Waals surface area (Å²) < 4.78 is 0. The van der Waals surface area contributed by atoms with Crippen molar-refractivity contribution in [2.24, 2.45) is 51.6 Å². The van der Waals surface area contributed by atoms with Gasteiger partial charge < -0.3 is 75.3 Å². The van der Waals surface area contributed by atoms with Crippen LogP contribution in [-0.4, -0.2) is 154 Å². The molecule has 1 fully saturated rings. The van der Waals surface area contributed by atoms with Crippen molar-refractivity contribution in [3.05, 3.63) is 0 Å². The van der Waals surface area contributed by atoms with Crippen LogP contribution in [0.2, 0.25) is 0 Å². The molecule has 0 aromatic heterocycles. The summed E-state index contributed by atoms with van der Waals surface area (Å²) in [6, 6.07) is -10.1. The molecule has 0 aromatic rings. The van der Waals surface area contributed by atoms with Gasteiger partial charge in [-0.2, -0.15) is 0 Å². The van der Waals surface area contributed by atoms with Crippen LogP contribution in [0.25, 0.3) is 0 Å². The van der Waals surface area contributed by atoms with Gasteiger partial charge in [0, 0.05) is 26.1 Å². The third-order valence-corrected chi connectivity index (χ3v) is 11.7. The van der Waals surface area contributed by atoms with Crippen molar-refractivity contribution in [3.8, 4) is 0 Å². The lowest BCUT2D eigenvalue weighted by Gasteiger charge is -2.35. The van der Waals surface area contributed by atoms with Crippen LogP contribution in [0.15, 0.2) is 4.99 Å². The Labute approximate surface area is 414 Å². The normalized spacial score (nSPS) is 17.3. The molecule has 1 unspecified atom stereocenters. The van der Waals surface area contributed by atoms with Gasteiger partial charge in [-0.25, -0.2) is 4.79 Å². The lowest BCUT2D eigenvalue weighted by Crippen LogP contribution is -2.59. The Morgan fingerprint density at radius 1 is 0.648 bits per heavy atom. The zero-order chi connectivity index (χ0) is 54.3. The fraction of sp³-hybridized carbons (Fsp3) is 0.733. The van der Waals surface area contributed by atoms with E-state index in [2.05, 4.69) is 42.2 Å². The van der Waals surface area contributed by atoms with E-state index < -0.39 is 138 Å². The highest BCUT2D eigenvalue weighted by atomic mass is 16.4. The van der Waals surface area contributed by atoms with Crippen LogP contribution in [-0.2, 0) is 52.7 Å². The molecule has 71 heavy (non-hydrogen) atoms. The molecule has 0 saturated carbocycles. The molecular formula is C45H79N13O13. The van der Waals surface area contributed by atoms with Crippen LogP contribution in [0.3, 0.4) is 0 Å². The van der Waals surface area contributed by atoms with E-state index in [-0.39, 0.29) is 69.5 Å². The molecule has 26 nitrogen and oxygen atoms in total. The van der Waals surface area contributed by atoms with Crippen molar-refractivity contribution in [1.29, 1.82) is 0 Å². The summed E-state index contributed by atoms with van der Waals surface area (Å²) in [5, 5.41) is 36.4. The molecule has 1 aliphatic rings. The first-order valence-corrected chi connectivity index (χ1v) is 24.0. The minimum Gasteiger partial charge on any atom is -0.481 e. The summed E-state index contributed by atoms with van der Waals surface area (Å²) in [6.45, 7) is 13.7. The summed E-state index contributed by atoms with van der Waals surface area (Å²) in [5.74, 6) is -11.0. The Balaban J connectivity index is 3.15. The molecule has 0 spiro atoms. The van der Waals surface area contributed by atoms with E-state index in [1.54, 1.807) is 27.7 Å². The predicted molar refractivity (Wildman–Crippen MR) is 259 cm³/mol. The molecule has 0 aromatic carbocycles. The maximum atomic E-state index is 13.9. The number of nitrogens with two attached hydrogens (primary N) is 4. The number of carboxylic acids is 2. The number of carboxylic acid groups (broad SMARTS) is 2. The Morgan fingerprint density at radius 2 is 1.20 bits per heavy atom. The Hall–Kier alpha value is -6.60. The van der Waals surface area contributed by atoms with Crippen molar-refractivity contribution >= 4 is 71.1 Å². The SMILES string of the molecule is CCC(C)[C@H](NC(=O)[C@H](CCCN=C(N)N)NC(=O)[C@@H]1CCCN(C(=O)[C@H](C)NC(=O)[C@H](CC(C)C)NC(=O)[C@H](C)NC(=O)[C@H](CC(N)=O)NC(=O)[C@@H](N)CCC(=O)O)C1)C(=O)N[C@@H](CC(C)C)C(=O)O. The molecule has 1 saturated heterocycles. The molecule has 402 valence electrons. The van der Waals surface area contributed by atoms with Gasteiger partial charge in [-0.1, -0.05) is 48.0 Å². The van der Waals surface area contributed by atoms with E-state index in [1.807, 2.05) is 13.8 Å². The summed E-state index contributed by atoms with van der Waals surface area (Å²) in [6.07, 6.45) is 0.351. The Kier molecular flexibility index (Phi) is 27.2. The van der Waals surface area contributed by atoms with Gasteiger partial charge in [0.05, 0.1) is 18.4 Å². The zero-order valence-corrected chi connectivity index (χ0v) is 42.2. The number of hydrogen-bond acceptors (Lipinski definition) is 13. The first-order valence-electron chi connectivity index (χ1n) is 24.0. The molecule has 26 heteroatoms. The Bertz CT molecular complexity index is 1910. The average molecular weight is 1010 g/mol. The molecule has 9 amide bonds. The van der Waals surface area contributed by atoms with Gasteiger partial charge in [-0.3, -0.25) is 52.9 Å². The maximum Gasteiger partial charge on any atom is 0.326 e. The Morgan fingerprint density at radius 3 is 1.75 bits per heavy atom. The van der Waals surface area contributed by atoms with Crippen molar-refractivity contribution in [2.75, 3.05) is 19.6 Å². The number of carbonyl (C=O) groups excluding carboxylic acids is 9. The van der Waals surface area contributed by atoms with Crippen LogP contribution in [0.4, 0.5) is 0 Å². The third-order valence-electron chi connectivity index (χ3n) is 11.7. The van der Waals surface area contributed by atoms with E-state index >= 15 is 0 Å². The van der Waals surface area contributed by atoms with Gasteiger partial charge in [0.25, 0.3) is 0 Å². The first-order chi connectivity index (χ1) is 33.1. The summed E-state index contributed by atoms with van der Waals surface area (Å²) in [5.41, 5.74) is 21.9. The highest BCUT2D eigenvalue weighted by Gasteiger charge is 2.37. The molecule has 1 rings (SSSR count). The van der Waals surface area contributed by atoms with Gasteiger partial charge in [-0.15, -0.1) is 0 Å². The van der Waals surface area contributed by atoms with Gasteiger partial charge in [-0.05, 0) is 76.5 Å². The minimum atomic E-state index is -1.57. The quantitative estimate of drug-likeness (QED) is 0.0187. The number of amides is 9. The highest BCUT2D eigenvalue weighted by Crippen LogP contribution is 2.19. The van der Waals surface area contributed by atoms with Crippen LogP contribution in [0, 0.1) is 23.7 Å². The van der Waals surface area contributed by atoms with Gasteiger partial charge >= 0.3 is 11.9 Å². The molecule has 17 N–H and O–H groups in total. The topological polar surface area (TPSA) is 432 Å². The molecule has 1 aliphatic heterocycles. The second-order valence-corrected chi connectivity index (χ2v) is 19.0. The molecule has 0 radical (unpaired) electrons. The second kappa shape index (κ2) is 30.9. The fourth-order valence-electron chi connectivity index (χ4n) is 7.49. The van der Waals surface area contributed by atoms with Crippen LogP contribution >= 0.6 is 0 Å². The van der Waals surface area contributed by atoms with Gasteiger partial charge in [0.2, 0.25) is 53.2 Å². The standard InChI is InChI=1S/C45H79N13O13/c1-9-24(6)35(42(68)56-32(44(70)71)19-23(4)5)57-39(65)29(13-10-16-50-45(48)49)53-37(63)27-12-11-17-58(21-27)43(69)26(8)52-40(66)30(18-22(2)3)54-36(62)25(7)51-41(67)31(20-33(47)59)55-38(64)28(46)14-15-34(60)61/h22-32,35H,9-21,46H2,1-8H3,(H2,47,59)(H,51,67)(H,52,66)(H,53,63)(H,54,62)(H,55,64)(H,56,68)(H,57,65)(H,60,61)(H,70,71)(H4,48,49,50)/t24?,25-,26-,27+,28-,29-,30-,31-,32-,35-/m0/s1. The predicted octanol–water partition coefficient (Wildman–Crippen LogP) is -3.00. The molecule has 10 atom stereocenters.